The number of amides is 2. The normalized spacial score (nSPS) is 10.6. The summed E-state index contributed by atoms with van der Waals surface area (Å²) < 4.78 is 0. The molecular weight excluding hydrogens is 308 g/mol. The number of benzene rings is 2. The highest BCUT2D eigenvalue weighted by Crippen LogP contribution is 2.24. The third-order valence-electron chi connectivity index (χ3n) is 3.21. The average Bonchev–Trinajstić information content (AvgIpc) is 2.52. The van der Waals surface area contributed by atoms with Crippen LogP contribution < -0.4 is 10.6 Å². The van der Waals surface area contributed by atoms with Gasteiger partial charge in [0.05, 0.1) is 11.4 Å². The third kappa shape index (κ3) is 4.61. The van der Waals surface area contributed by atoms with Gasteiger partial charge in [-0.1, -0.05) is 12.1 Å². The molecule has 6 nitrogen and oxygen atoms in total. The first-order chi connectivity index (χ1) is 11.3. The molecule has 0 aromatic heterocycles. The van der Waals surface area contributed by atoms with E-state index in [9.17, 15) is 19.8 Å². The van der Waals surface area contributed by atoms with Crippen molar-refractivity contribution in [2.75, 3.05) is 10.6 Å². The maximum absolute atomic E-state index is 11.8. The molecule has 0 aliphatic heterocycles. The zero-order valence-corrected chi connectivity index (χ0v) is 13.3. The number of carbonyl (C=O) groups is 2. The second-order valence-corrected chi connectivity index (χ2v) is 5.35. The third-order valence-corrected chi connectivity index (χ3v) is 3.21. The van der Waals surface area contributed by atoms with E-state index in [0.717, 1.165) is 23.3 Å². The van der Waals surface area contributed by atoms with Gasteiger partial charge in [-0.3, -0.25) is 9.59 Å². The van der Waals surface area contributed by atoms with Gasteiger partial charge >= 0.3 is 0 Å². The van der Waals surface area contributed by atoms with E-state index in [-0.39, 0.29) is 22.9 Å². The standard InChI is InChI=1S/C18H18N2O4/c1-11-3-5-15(21)13(9-11)19-17(23)7-8-18(24)20-14-10-12(2)4-6-16(14)22/h3-10,21-22H,1-2H3,(H,19,23)(H,20,24)/b8-7-. The van der Waals surface area contributed by atoms with Crippen molar-refractivity contribution in [3.05, 3.63) is 59.7 Å². The van der Waals surface area contributed by atoms with Crippen molar-refractivity contribution in [3.8, 4) is 11.5 Å². The highest BCUT2D eigenvalue weighted by Gasteiger charge is 2.06. The Morgan fingerprint density at radius 1 is 0.792 bits per heavy atom. The lowest BCUT2D eigenvalue weighted by molar-refractivity contribution is -0.114. The molecule has 0 heterocycles. The summed E-state index contributed by atoms with van der Waals surface area (Å²) in [5, 5.41) is 24.3. The summed E-state index contributed by atoms with van der Waals surface area (Å²) in [6.45, 7) is 3.65. The molecular formula is C18H18N2O4. The summed E-state index contributed by atoms with van der Waals surface area (Å²) in [4.78, 5) is 23.6. The Bertz CT molecular complexity index is 745. The smallest absolute Gasteiger partial charge is 0.248 e. The molecule has 0 aliphatic rings. The minimum atomic E-state index is -0.556. The summed E-state index contributed by atoms with van der Waals surface area (Å²) >= 11 is 0. The van der Waals surface area contributed by atoms with Gasteiger partial charge in [0.25, 0.3) is 0 Å². The molecule has 2 amide bonds. The van der Waals surface area contributed by atoms with Crippen LogP contribution in [-0.4, -0.2) is 22.0 Å². The average molecular weight is 326 g/mol. The summed E-state index contributed by atoms with van der Waals surface area (Å²) in [6.07, 6.45) is 2.09. The largest absolute Gasteiger partial charge is 0.506 e. The minimum Gasteiger partial charge on any atom is -0.506 e. The Hall–Kier alpha value is -3.28. The summed E-state index contributed by atoms with van der Waals surface area (Å²) in [6, 6.07) is 9.60. The Morgan fingerprint density at radius 2 is 1.17 bits per heavy atom. The van der Waals surface area contributed by atoms with E-state index < -0.39 is 11.8 Å². The van der Waals surface area contributed by atoms with Gasteiger partial charge in [0.2, 0.25) is 11.8 Å². The van der Waals surface area contributed by atoms with Crippen LogP contribution in [0.5, 0.6) is 11.5 Å². The zero-order chi connectivity index (χ0) is 17.7. The van der Waals surface area contributed by atoms with Gasteiger partial charge in [0.1, 0.15) is 11.5 Å². The monoisotopic (exact) mass is 326 g/mol. The van der Waals surface area contributed by atoms with E-state index >= 15 is 0 Å². The maximum Gasteiger partial charge on any atom is 0.248 e. The molecule has 0 fully saturated rings. The van der Waals surface area contributed by atoms with E-state index in [4.69, 9.17) is 0 Å². The highest BCUT2D eigenvalue weighted by atomic mass is 16.3. The number of anilines is 2. The Labute approximate surface area is 139 Å². The van der Waals surface area contributed by atoms with Crippen molar-refractivity contribution >= 4 is 23.2 Å². The van der Waals surface area contributed by atoms with Crippen molar-refractivity contribution in [1.82, 2.24) is 0 Å². The lowest BCUT2D eigenvalue weighted by Crippen LogP contribution is -2.12. The SMILES string of the molecule is Cc1ccc(O)c(NC(=O)/C=C\C(=O)Nc2cc(C)ccc2O)c1. The van der Waals surface area contributed by atoms with Crippen molar-refractivity contribution in [2.45, 2.75) is 13.8 Å². The fourth-order valence-corrected chi connectivity index (χ4v) is 2.00. The van der Waals surface area contributed by atoms with E-state index in [0.29, 0.717) is 0 Å². The van der Waals surface area contributed by atoms with Gasteiger partial charge in [-0.05, 0) is 49.2 Å². The second kappa shape index (κ2) is 7.32. The molecule has 0 radical (unpaired) electrons. The number of aromatic hydroxyl groups is 2. The van der Waals surface area contributed by atoms with Gasteiger partial charge < -0.3 is 20.8 Å². The lowest BCUT2D eigenvalue weighted by Gasteiger charge is -2.07. The van der Waals surface area contributed by atoms with Crippen LogP contribution in [-0.2, 0) is 9.59 Å². The first-order valence-corrected chi connectivity index (χ1v) is 7.24. The van der Waals surface area contributed by atoms with Gasteiger partial charge in [0.15, 0.2) is 0 Å². The molecule has 6 heteroatoms. The molecule has 0 saturated heterocycles. The maximum atomic E-state index is 11.8. The van der Waals surface area contributed by atoms with Gasteiger partial charge in [-0.2, -0.15) is 0 Å². The van der Waals surface area contributed by atoms with Crippen LogP contribution in [0.25, 0.3) is 0 Å². The number of phenols is 2. The zero-order valence-electron chi connectivity index (χ0n) is 13.3. The van der Waals surface area contributed by atoms with Crippen molar-refractivity contribution < 1.29 is 19.8 Å². The molecule has 4 N–H and O–H groups in total. The van der Waals surface area contributed by atoms with Gasteiger partial charge in [-0.25, -0.2) is 0 Å². The number of hydrogen-bond acceptors (Lipinski definition) is 4. The van der Waals surface area contributed by atoms with E-state index in [1.807, 2.05) is 13.8 Å². The molecule has 0 unspecified atom stereocenters. The van der Waals surface area contributed by atoms with Crippen molar-refractivity contribution in [1.29, 1.82) is 0 Å². The Balaban J connectivity index is 1.99. The van der Waals surface area contributed by atoms with Crippen LogP contribution in [0, 0.1) is 13.8 Å². The van der Waals surface area contributed by atoms with Crippen LogP contribution in [0.4, 0.5) is 11.4 Å². The molecule has 0 atom stereocenters. The predicted molar refractivity (Wildman–Crippen MR) is 92.1 cm³/mol. The van der Waals surface area contributed by atoms with E-state index in [1.165, 1.54) is 12.1 Å². The lowest BCUT2D eigenvalue weighted by atomic mass is 10.2. The second-order valence-electron chi connectivity index (χ2n) is 5.35. The fraction of sp³-hybridized carbons (Fsp3) is 0.111. The van der Waals surface area contributed by atoms with Crippen LogP contribution in [0.2, 0.25) is 0 Å². The van der Waals surface area contributed by atoms with Gasteiger partial charge in [0, 0.05) is 12.2 Å². The predicted octanol–water partition coefficient (Wildman–Crippen LogP) is 2.85. The topological polar surface area (TPSA) is 98.7 Å². The summed E-state index contributed by atoms with van der Waals surface area (Å²) in [5.74, 6) is -1.23. The number of phenolic OH excluding ortho intramolecular Hbond substituents is 2. The van der Waals surface area contributed by atoms with Crippen LogP contribution in [0.15, 0.2) is 48.6 Å². The fourth-order valence-electron chi connectivity index (χ4n) is 2.00. The number of aryl methyl sites for hydroxylation is 2. The Kier molecular flexibility index (Phi) is 5.21. The van der Waals surface area contributed by atoms with Crippen molar-refractivity contribution in [2.24, 2.45) is 0 Å². The number of carbonyl (C=O) groups excluding carboxylic acids is 2. The molecule has 2 aromatic carbocycles. The van der Waals surface area contributed by atoms with E-state index in [2.05, 4.69) is 10.6 Å². The molecule has 0 bridgehead atoms. The molecule has 0 spiro atoms. The molecule has 24 heavy (non-hydrogen) atoms. The highest BCUT2D eigenvalue weighted by molar-refractivity contribution is 6.07. The molecule has 2 rings (SSSR count). The molecule has 0 aliphatic carbocycles. The van der Waals surface area contributed by atoms with Crippen molar-refractivity contribution in [3.63, 3.8) is 0 Å². The van der Waals surface area contributed by atoms with Crippen LogP contribution in [0.3, 0.4) is 0 Å². The number of hydrogen-bond donors (Lipinski definition) is 4. The van der Waals surface area contributed by atoms with Gasteiger partial charge in [-0.15, -0.1) is 0 Å². The van der Waals surface area contributed by atoms with E-state index in [1.54, 1.807) is 24.3 Å². The molecule has 124 valence electrons. The minimum absolute atomic E-state index is 0.0588. The first kappa shape index (κ1) is 17.1. The summed E-state index contributed by atoms with van der Waals surface area (Å²) in [7, 11) is 0. The van der Waals surface area contributed by atoms with Crippen LogP contribution in [0.1, 0.15) is 11.1 Å². The summed E-state index contributed by atoms with van der Waals surface area (Å²) in [5.41, 5.74) is 2.28. The Morgan fingerprint density at radius 3 is 1.54 bits per heavy atom. The first-order valence-electron chi connectivity index (χ1n) is 7.24. The quantitative estimate of drug-likeness (QED) is 0.513. The number of nitrogens with one attached hydrogen (secondary N) is 2. The molecule has 0 saturated carbocycles. The number of rotatable bonds is 4. The molecule has 2 aromatic rings. The van der Waals surface area contributed by atoms with Crippen LogP contribution >= 0.6 is 0 Å².